The molecule has 0 aromatic carbocycles. The van der Waals surface area contributed by atoms with Crippen molar-refractivity contribution in [3.05, 3.63) is 59.4 Å². The fraction of sp³-hybridized carbons (Fsp3) is 0.333. The molecule has 2 atom stereocenters. The minimum Gasteiger partial charge on any atom is -0.432 e. The van der Waals surface area contributed by atoms with Gasteiger partial charge in [0, 0.05) is 42.7 Å². The predicted octanol–water partition coefficient (Wildman–Crippen LogP) is 3.28. The Kier molecular flexibility index (Phi) is 6.06. The third-order valence-electron chi connectivity index (χ3n) is 5.17. The van der Waals surface area contributed by atoms with Gasteiger partial charge in [0.15, 0.2) is 5.75 Å². The van der Waals surface area contributed by atoms with Gasteiger partial charge in [0.1, 0.15) is 5.82 Å². The second-order valence-corrected chi connectivity index (χ2v) is 7.39. The average molecular weight is 428 g/mol. The molecule has 10 heteroatoms. The highest BCUT2D eigenvalue weighted by atomic mass is 19.3. The standard InChI is InChI=1S/C21H22F2N6O2/c1-29-8-2-3-17(19(29)30)13-4-7-18(24-10-13)27-14-5-6-15(9-14)28-21-25-11-16(12-26-21)31-20(22)23/h2-4,7-8,10-12,14-15,20H,5-6,9H2,1H3,(H,24,27)(H,25,26,28)/t14-,15-/m0/s1. The molecule has 0 saturated heterocycles. The summed E-state index contributed by atoms with van der Waals surface area (Å²) in [5, 5.41) is 6.63. The van der Waals surface area contributed by atoms with Gasteiger partial charge in [-0.05, 0) is 43.5 Å². The largest absolute Gasteiger partial charge is 0.432 e. The quantitative estimate of drug-likeness (QED) is 0.596. The van der Waals surface area contributed by atoms with Crippen molar-refractivity contribution in [2.45, 2.75) is 38.0 Å². The zero-order valence-corrected chi connectivity index (χ0v) is 16.8. The Morgan fingerprint density at radius 3 is 2.48 bits per heavy atom. The Hall–Kier alpha value is -3.56. The van der Waals surface area contributed by atoms with Crippen LogP contribution in [0.2, 0.25) is 0 Å². The molecule has 3 heterocycles. The summed E-state index contributed by atoms with van der Waals surface area (Å²) < 4.78 is 30.2. The molecule has 0 amide bonds. The molecule has 4 rings (SSSR count). The minimum atomic E-state index is -2.90. The van der Waals surface area contributed by atoms with Crippen LogP contribution in [0.4, 0.5) is 20.5 Å². The van der Waals surface area contributed by atoms with Crippen molar-refractivity contribution < 1.29 is 13.5 Å². The molecule has 0 bridgehead atoms. The lowest BCUT2D eigenvalue weighted by Crippen LogP contribution is -2.22. The number of pyridine rings is 2. The SMILES string of the molecule is Cn1cccc(-c2ccc(N[C@H]3CC[C@H](Nc4ncc(OC(F)F)cn4)C3)nc2)c1=O. The monoisotopic (exact) mass is 428 g/mol. The van der Waals surface area contributed by atoms with Crippen molar-refractivity contribution in [1.82, 2.24) is 19.5 Å². The van der Waals surface area contributed by atoms with Crippen LogP contribution in [-0.4, -0.2) is 38.2 Å². The summed E-state index contributed by atoms with van der Waals surface area (Å²) in [4.78, 5) is 24.7. The van der Waals surface area contributed by atoms with E-state index in [-0.39, 0.29) is 23.4 Å². The van der Waals surface area contributed by atoms with E-state index in [4.69, 9.17) is 0 Å². The van der Waals surface area contributed by atoms with Gasteiger partial charge >= 0.3 is 6.61 Å². The average Bonchev–Trinajstić information content (AvgIpc) is 3.18. The van der Waals surface area contributed by atoms with E-state index >= 15 is 0 Å². The van der Waals surface area contributed by atoms with Crippen molar-refractivity contribution in [2.24, 2.45) is 7.05 Å². The first-order chi connectivity index (χ1) is 15.0. The molecule has 3 aromatic rings. The third kappa shape index (κ3) is 5.14. The molecule has 0 unspecified atom stereocenters. The van der Waals surface area contributed by atoms with Gasteiger partial charge in [-0.25, -0.2) is 15.0 Å². The number of aromatic nitrogens is 4. The van der Waals surface area contributed by atoms with Gasteiger partial charge in [-0.1, -0.05) is 0 Å². The van der Waals surface area contributed by atoms with Crippen LogP contribution in [0.15, 0.2) is 53.8 Å². The zero-order chi connectivity index (χ0) is 21.8. The fourth-order valence-electron chi connectivity index (χ4n) is 3.65. The summed E-state index contributed by atoms with van der Waals surface area (Å²) >= 11 is 0. The van der Waals surface area contributed by atoms with Crippen LogP contribution in [0.1, 0.15) is 19.3 Å². The normalized spacial score (nSPS) is 18.2. The second kappa shape index (κ2) is 9.07. The number of nitrogens with zero attached hydrogens (tertiary/aromatic N) is 4. The Morgan fingerprint density at radius 2 is 1.81 bits per heavy atom. The minimum absolute atomic E-state index is 0.0641. The molecule has 1 fully saturated rings. The Morgan fingerprint density at radius 1 is 1.06 bits per heavy atom. The number of nitrogens with one attached hydrogen (secondary N) is 2. The van der Waals surface area contributed by atoms with E-state index < -0.39 is 6.61 Å². The molecule has 31 heavy (non-hydrogen) atoms. The third-order valence-corrected chi connectivity index (χ3v) is 5.17. The van der Waals surface area contributed by atoms with Crippen molar-refractivity contribution in [2.75, 3.05) is 10.6 Å². The molecular formula is C21H22F2N6O2. The highest BCUT2D eigenvalue weighted by molar-refractivity contribution is 5.62. The number of halogens is 2. The second-order valence-electron chi connectivity index (χ2n) is 7.39. The molecular weight excluding hydrogens is 406 g/mol. The fourth-order valence-corrected chi connectivity index (χ4v) is 3.65. The van der Waals surface area contributed by atoms with Crippen LogP contribution in [0.25, 0.3) is 11.1 Å². The molecule has 1 aliphatic carbocycles. The summed E-state index contributed by atoms with van der Waals surface area (Å²) in [5.74, 6) is 1.04. The first-order valence-corrected chi connectivity index (χ1v) is 9.90. The molecule has 2 N–H and O–H groups in total. The first kappa shape index (κ1) is 20.7. The van der Waals surface area contributed by atoms with Crippen LogP contribution >= 0.6 is 0 Å². The number of anilines is 2. The summed E-state index contributed by atoms with van der Waals surface area (Å²) in [6, 6.07) is 7.75. The molecule has 0 radical (unpaired) electrons. The van der Waals surface area contributed by atoms with Crippen molar-refractivity contribution >= 4 is 11.8 Å². The molecule has 8 nitrogen and oxygen atoms in total. The maximum atomic E-state index is 12.2. The molecule has 3 aromatic heterocycles. The van der Waals surface area contributed by atoms with Gasteiger partial charge in [-0.3, -0.25) is 4.79 Å². The Balaban J connectivity index is 1.32. The van der Waals surface area contributed by atoms with Crippen LogP contribution in [0, 0.1) is 0 Å². The molecule has 1 aliphatic rings. The van der Waals surface area contributed by atoms with E-state index in [1.165, 1.54) is 17.0 Å². The van der Waals surface area contributed by atoms with E-state index in [1.54, 1.807) is 25.5 Å². The highest BCUT2D eigenvalue weighted by Crippen LogP contribution is 2.25. The van der Waals surface area contributed by atoms with Crippen molar-refractivity contribution in [1.29, 1.82) is 0 Å². The van der Waals surface area contributed by atoms with E-state index in [1.807, 2.05) is 18.2 Å². The van der Waals surface area contributed by atoms with Crippen LogP contribution in [0.3, 0.4) is 0 Å². The van der Waals surface area contributed by atoms with E-state index in [0.29, 0.717) is 11.5 Å². The molecule has 0 aliphatic heterocycles. The van der Waals surface area contributed by atoms with Crippen molar-refractivity contribution in [3.8, 4) is 16.9 Å². The maximum absolute atomic E-state index is 12.2. The molecule has 1 saturated carbocycles. The Bertz CT molecular complexity index is 1070. The van der Waals surface area contributed by atoms with Gasteiger partial charge in [-0.15, -0.1) is 0 Å². The lowest BCUT2D eigenvalue weighted by molar-refractivity contribution is -0.0503. The topological polar surface area (TPSA) is 94.0 Å². The van der Waals surface area contributed by atoms with Crippen LogP contribution < -0.4 is 20.9 Å². The summed E-state index contributed by atoms with van der Waals surface area (Å²) in [6.07, 6.45) is 8.54. The van der Waals surface area contributed by atoms with E-state index in [0.717, 1.165) is 30.6 Å². The van der Waals surface area contributed by atoms with E-state index in [9.17, 15) is 13.6 Å². The van der Waals surface area contributed by atoms with Gasteiger partial charge in [-0.2, -0.15) is 8.78 Å². The van der Waals surface area contributed by atoms with Gasteiger partial charge in [0.05, 0.1) is 12.4 Å². The highest BCUT2D eigenvalue weighted by Gasteiger charge is 2.25. The predicted molar refractivity (Wildman–Crippen MR) is 112 cm³/mol. The zero-order valence-electron chi connectivity index (χ0n) is 16.8. The van der Waals surface area contributed by atoms with Gasteiger partial charge < -0.3 is 19.9 Å². The smallest absolute Gasteiger partial charge is 0.387 e. The summed E-state index contributed by atoms with van der Waals surface area (Å²) in [5.41, 5.74) is 1.32. The van der Waals surface area contributed by atoms with E-state index in [2.05, 4.69) is 30.3 Å². The number of aryl methyl sites for hydroxylation is 1. The van der Waals surface area contributed by atoms with Crippen LogP contribution in [-0.2, 0) is 7.05 Å². The number of rotatable bonds is 7. The lowest BCUT2D eigenvalue weighted by Gasteiger charge is -2.15. The maximum Gasteiger partial charge on any atom is 0.387 e. The van der Waals surface area contributed by atoms with Gasteiger partial charge in [0.25, 0.3) is 5.56 Å². The molecule has 162 valence electrons. The molecule has 0 spiro atoms. The van der Waals surface area contributed by atoms with Crippen molar-refractivity contribution in [3.63, 3.8) is 0 Å². The van der Waals surface area contributed by atoms with Crippen LogP contribution in [0.5, 0.6) is 5.75 Å². The number of hydrogen-bond donors (Lipinski definition) is 2. The lowest BCUT2D eigenvalue weighted by atomic mass is 10.1. The number of ether oxygens (including phenoxy) is 1. The first-order valence-electron chi connectivity index (χ1n) is 9.90. The summed E-state index contributed by atoms with van der Waals surface area (Å²) in [7, 11) is 1.72. The number of alkyl halides is 2. The summed E-state index contributed by atoms with van der Waals surface area (Å²) in [6.45, 7) is -2.90. The number of hydrogen-bond acceptors (Lipinski definition) is 7. The van der Waals surface area contributed by atoms with Gasteiger partial charge in [0.2, 0.25) is 5.95 Å². The Labute approximate surface area is 177 Å².